The predicted octanol–water partition coefficient (Wildman–Crippen LogP) is 0.847. The van der Waals surface area contributed by atoms with E-state index >= 15 is 0 Å². The van der Waals surface area contributed by atoms with E-state index in [-0.39, 0.29) is 11.6 Å². The first-order valence-corrected chi connectivity index (χ1v) is 5.32. The van der Waals surface area contributed by atoms with Crippen LogP contribution >= 0.6 is 0 Å². The highest BCUT2D eigenvalue weighted by Gasteiger charge is 2.05. The van der Waals surface area contributed by atoms with Gasteiger partial charge >= 0.3 is 5.97 Å². The summed E-state index contributed by atoms with van der Waals surface area (Å²) in [7, 11) is 0. The maximum atomic E-state index is 11.4. The van der Waals surface area contributed by atoms with E-state index in [1.165, 1.54) is 18.3 Å². The van der Waals surface area contributed by atoms with Crippen LogP contribution in [-0.4, -0.2) is 28.5 Å². The van der Waals surface area contributed by atoms with Gasteiger partial charge < -0.3 is 16.2 Å². The first-order valence-electron chi connectivity index (χ1n) is 5.32. The molecule has 1 amide bonds. The minimum atomic E-state index is -1.09. The first-order chi connectivity index (χ1) is 8.13. The van der Waals surface area contributed by atoms with Crippen LogP contribution in [0.15, 0.2) is 18.3 Å². The van der Waals surface area contributed by atoms with E-state index in [4.69, 9.17) is 10.8 Å². The van der Waals surface area contributed by atoms with E-state index in [0.29, 0.717) is 18.7 Å². The minimum Gasteiger partial charge on any atom is -0.477 e. The number of carboxylic acid groups (broad SMARTS) is 1. The molecule has 0 bridgehead atoms. The van der Waals surface area contributed by atoms with Gasteiger partial charge in [-0.3, -0.25) is 4.79 Å². The van der Waals surface area contributed by atoms with Gasteiger partial charge in [0, 0.05) is 6.42 Å². The standard InChI is InChI=1S/C11H15N3O3/c12-6-2-1-3-10(15)14-8-4-5-9(11(16)17)13-7-8/h4-5,7H,1-3,6,12H2,(H,14,15)(H,16,17). The van der Waals surface area contributed by atoms with Crippen molar-refractivity contribution in [2.75, 3.05) is 11.9 Å². The second-order valence-electron chi connectivity index (χ2n) is 3.53. The number of amides is 1. The van der Waals surface area contributed by atoms with E-state index in [1.54, 1.807) is 0 Å². The zero-order chi connectivity index (χ0) is 12.7. The number of anilines is 1. The largest absolute Gasteiger partial charge is 0.477 e. The quantitative estimate of drug-likeness (QED) is 0.636. The summed E-state index contributed by atoms with van der Waals surface area (Å²) in [6, 6.07) is 2.86. The van der Waals surface area contributed by atoms with Crippen molar-refractivity contribution in [1.82, 2.24) is 4.98 Å². The van der Waals surface area contributed by atoms with Crippen molar-refractivity contribution in [1.29, 1.82) is 0 Å². The number of aromatic nitrogens is 1. The molecule has 0 saturated heterocycles. The number of hydrogen-bond donors (Lipinski definition) is 3. The molecule has 0 aliphatic rings. The molecule has 0 aromatic carbocycles. The number of nitrogens with two attached hydrogens (primary N) is 1. The molecule has 6 heteroatoms. The van der Waals surface area contributed by atoms with E-state index in [0.717, 1.165) is 12.8 Å². The van der Waals surface area contributed by atoms with Gasteiger partial charge in [-0.2, -0.15) is 0 Å². The third-order valence-electron chi connectivity index (χ3n) is 2.12. The Morgan fingerprint density at radius 1 is 1.35 bits per heavy atom. The summed E-state index contributed by atoms with van der Waals surface area (Å²) in [6.07, 6.45) is 3.27. The third-order valence-corrected chi connectivity index (χ3v) is 2.12. The Kier molecular flexibility index (Phi) is 5.09. The number of pyridine rings is 1. The highest BCUT2D eigenvalue weighted by atomic mass is 16.4. The average molecular weight is 237 g/mol. The van der Waals surface area contributed by atoms with Crippen LogP contribution in [0.1, 0.15) is 29.8 Å². The van der Waals surface area contributed by atoms with Crippen molar-refractivity contribution >= 4 is 17.6 Å². The number of hydrogen-bond acceptors (Lipinski definition) is 4. The summed E-state index contributed by atoms with van der Waals surface area (Å²) in [5.74, 6) is -1.21. The number of carbonyl (C=O) groups is 2. The fourth-order valence-electron chi connectivity index (χ4n) is 1.25. The molecule has 0 spiro atoms. The van der Waals surface area contributed by atoms with Gasteiger partial charge in [0.15, 0.2) is 0 Å². The van der Waals surface area contributed by atoms with Gasteiger partial charge in [-0.25, -0.2) is 9.78 Å². The maximum absolute atomic E-state index is 11.4. The summed E-state index contributed by atoms with van der Waals surface area (Å²) in [5.41, 5.74) is 5.76. The zero-order valence-electron chi connectivity index (χ0n) is 9.35. The van der Waals surface area contributed by atoms with Gasteiger partial charge in [-0.15, -0.1) is 0 Å². The second-order valence-corrected chi connectivity index (χ2v) is 3.53. The van der Waals surface area contributed by atoms with Crippen molar-refractivity contribution in [3.63, 3.8) is 0 Å². The van der Waals surface area contributed by atoms with E-state index < -0.39 is 5.97 Å². The van der Waals surface area contributed by atoms with Crippen molar-refractivity contribution in [3.8, 4) is 0 Å². The maximum Gasteiger partial charge on any atom is 0.354 e. The summed E-state index contributed by atoms with van der Waals surface area (Å²) < 4.78 is 0. The number of rotatable bonds is 6. The Hall–Kier alpha value is -1.95. The number of carbonyl (C=O) groups excluding carboxylic acids is 1. The minimum absolute atomic E-state index is 0.0499. The molecule has 6 nitrogen and oxygen atoms in total. The Bertz CT molecular complexity index is 389. The van der Waals surface area contributed by atoms with Gasteiger partial charge in [0.05, 0.1) is 11.9 Å². The number of unbranched alkanes of at least 4 members (excludes halogenated alkanes) is 1. The van der Waals surface area contributed by atoms with Crippen LogP contribution in [-0.2, 0) is 4.79 Å². The molecular weight excluding hydrogens is 222 g/mol. The average Bonchev–Trinajstić information content (AvgIpc) is 2.30. The van der Waals surface area contributed by atoms with E-state index in [2.05, 4.69) is 10.3 Å². The highest BCUT2D eigenvalue weighted by molar-refractivity contribution is 5.91. The Balaban J connectivity index is 2.46. The number of aromatic carboxylic acids is 1. The normalized spacial score (nSPS) is 9.94. The summed E-state index contributed by atoms with van der Waals surface area (Å²) in [4.78, 5) is 25.7. The molecule has 17 heavy (non-hydrogen) atoms. The van der Waals surface area contributed by atoms with E-state index in [9.17, 15) is 9.59 Å². The topological polar surface area (TPSA) is 105 Å². The molecule has 1 heterocycles. The zero-order valence-corrected chi connectivity index (χ0v) is 9.35. The van der Waals surface area contributed by atoms with Crippen LogP contribution in [0.25, 0.3) is 0 Å². The molecule has 0 aliphatic carbocycles. The van der Waals surface area contributed by atoms with Crippen molar-refractivity contribution in [2.24, 2.45) is 5.73 Å². The molecule has 0 unspecified atom stereocenters. The molecule has 1 aromatic heterocycles. The van der Waals surface area contributed by atoms with Crippen molar-refractivity contribution in [3.05, 3.63) is 24.0 Å². The molecule has 1 aromatic rings. The predicted molar refractivity (Wildman–Crippen MR) is 62.7 cm³/mol. The van der Waals surface area contributed by atoms with Crippen molar-refractivity contribution in [2.45, 2.75) is 19.3 Å². The Morgan fingerprint density at radius 2 is 2.12 bits per heavy atom. The molecule has 1 rings (SSSR count). The Labute approximate surface area is 98.8 Å². The third kappa shape index (κ3) is 4.60. The van der Waals surface area contributed by atoms with Gasteiger partial charge in [-0.1, -0.05) is 0 Å². The molecule has 0 saturated carbocycles. The monoisotopic (exact) mass is 237 g/mol. The fourth-order valence-corrected chi connectivity index (χ4v) is 1.25. The van der Waals surface area contributed by atoms with Crippen LogP contribution in [0.4, 0.5) is 5.69 Å². The van der Waals surface area contributed by atoms with Crippen LogP contribution in [0.3, 0.4) is 0 Å². The SMILES string of the molecule is NCCCCC(=O)Nc1ccc(C(=O)O)nc1. The molecule has 0 fully saturated rings. The lowest BCUT2D eigenvalue weighted by Crippen LogP contribution is -2.12. The molecule has 92 valence electrons. The Morgan fingerprint density at radius 3 is 2.65 bits per heavy atom. The second kappa shape index (κ2) is 6.59. The fraction of sp³-hybridized carbons (Fsp3) is 0.364. The molecule has 0 atom stereocenters. The smallest absolute Gasteiger partial charge is 0.354 e. The number of nitrogens with one attached hydrogen (secondary N) is 1. The van der Waals surface area contributed by atoms with Gasteiger partial charge in [-0.05, 0) is 31.5 Å². The van der Waals surface area contributed by atoms with E-state index in [1.807, 2.05) is 0 Å². The van der Waals surface area contributed by atoms with Crippen LogP contribution in [0.2, 0.25) is 0 Å². The van der Waals surface area contributed by atoms with Crippen LogP contribution < -0.4 is 11.1 Å². The van der Waals surface area contributed by atoms with Gasteiger partial charge in [0.1, 0.15) is 5.69 Å². The van der Waals surface area contributed by atoms with Gasteiger partial charge in [0.25, 0.3) is 0 Å². The van der Waals surface area contributed by atoms with Gasteiger partial charge in [0.2, 0.25) is 5.91 Å². The number of carboxylic acids is 1. The lowest BCUT2D eigenvalue weighted by Gasteiger charge is -2.04. The summed E-state index contributed by atoms with van der Waals surface area (Å²) in [5, 5.41) is 11.3. The molecule has 0 aliphatic heterocycles. The number of nitrogens with zero attached hydrogens (tertiary/aromatic N) is 1. The lowest BCUT2D eigenvalue weighted by molar-refractivity contribution is -0.116. The molecular formula is C11H15N3O3. The highest BCUT2D eigenvalue weighted by Crippen LogP contribution is 2.07. The van der Waals surface area contributed by atoms with Crippen molar-refractivity contribution < 1.29 is 14.7 Å². The summed E-state index contributed by atoms with van der Waals surface area (Å²) in [6.45, 7) is 0.572. The summed E-state index contributed by atoms with van der Waals surface area (Å²) >= 11 is 0. The molecule has 0 radical (unpaired) electrons. The molecule has 4 N–H and O–H groups in total. The van der Waals surface area contributed by atoms with Crippen LogP contribution in [0, 0.1) is 0 Å². The van der Waals surface area contributed by atoms with Crippen LogP contribution in [0.5, 0.6) is 0 Å². The first kappa shape index (κ1) is 13.1. The lowest BCUT2D eigenvalue weighted by atomic mass is 10.2.